The van der Waals surface area contributed by atoms with E-state index in [4.69, 9.17) is 14.2 Å². The number of halogens is 3. The summed E-state index contributed by atoms with van der Waals surface area (Å²) >= 11 is 0. The van der Waals surface area contributed by atoms with Crippen LogP contribution in [-0.4, -0.2) is 31.1 Å². The van der Waals surface area contributed by atoms with Crippen molar-refractivity contribution in [3.8, 4) is 28.4 Å². The zero-order valence-electron chi connectivity index (χ0n) is 21.1. The summed E-state index contributed by atoms with van der Waals surface area (Å²) in [5.41, 5.74) is 1.29. The van der Waals surface area contributed by atoms with Gasteiger partial charge < -0.3 is 18.9 Å². The Morgan fingerprint density at radius 3 is 2.14 bits per heavy atom. The first kappa shape index (κ1) is 27.9. The summed E-state index contributed by atoms with van der Waals surface area (Å²) in [5, 5.41) is 0. The molecule has 0 amide bonds. The van der Waals surface area contributed by atoms with Crippen LogP contribution in [0.3, 0.4) is 0 Å². The fourth-order valence-corrected chi connectivity index (χ4v) is 3.62. The summed E-state index contributed by atoms with van der Waals surface area (Å²) in [4.78, 5) is 12.4. The van der Waals surface area contributed by atoms with Gasteiger partial charge in [0.25, 0.3) is 0 Å². The average molecular weight is 517 g/mol. The van der Waals surface area contributed by atoms with E-state index in [-0.39, 0.29) is 12.4 Å². The van der Waals surface area contributed by atoms with Gasteiger partial charge in [0.2, 0.25) is 0 Å². The molecule has 0 radical (unpaired) electrons. The minimum Gasteiger partial charge on any atom is -0.490 e. The van der Waals surface area contributed by atoms with Crippen LogP contribution in [0.15, 0.2) is 72.8 Å². The first-order valence-electron chi connectivity index (χ1n) is 12.1. The zero-order chi connectivity index (χ0) is 26.9. The lowest BCUT2D eigenvalue weighted by Gasteiger charge is -2.26. The van der Waals surface area contributed by atoms with Gasteiger partial charge in [0, 0.05) is 0 Å². The van der Waals surface area contributed by atoms with Gasteiger partial charge in [0.05, 0.1) is 13.2 Å². The second-order valence-electron chi connectivity index (χ2n) is 8.86. The zero-order valence-corrected chi connectivity index (χ0v) is 21.1. The number of hydrogen-bond donors (Lipinski definition) is 0. The summed E-state index contributed by atoms with van der Waals surface area (Å²) in [6.45, 7) is 5.58. The van der Waals surface area contributed by atoms with E-state index in [1.54, 1.807) is 39.0 Å². The highest BCUT2D eigenvalue weighted by Gasteiger charge is 2.33. The van der Waals surface area contributed by atoms with Crippen LogP contribution in [0.25, 0.3) is 11.1 Å². The molecule has 0 unspecified atom stereocenters. The van der Waals surface area contributed by atoms with Gasteiger partial charge in [-0.3, -0.25) is 0 Å². The van der Waals surface area contributed by atoms with E-state index in [0.29, 0.717) is 29.2 Å². The van der Waals surface area contributed by atoms with Gasteiger partial charge in [-0.2, -0.15) is 0 Å². The van der Waals surface area contributed by atoms with Gasteiger partial charge in [-0.15, -0.1) is 13.2 Å². The van der Waals surface area contributed by atoms with Gasteiger partial charge in [0.1, 0.15) is 5.75 Å². The van der Waals surface area contributed by atoms with Gasteiger partial charge in [-0.25, -0.2) is 4.79 Å². The van der Waals surface area contributed by atoms with Crippen LogP contribution in [0.4, 0.5) is 13.2 Å². The van der Waals surface area contributed by atoms with Gasteiger partial charge in [-0.1, -0.05) is 48.5 Å². The van der Waals surface area contributed by atoms with Crippen LogP contribution < -0.4 is 14.2 Å². The molecule has 3 aromatic rings. The molecule has 37 heavy (non-hydrogen) atoms. The predicted octanol–water partition coefficient (Wildman–Crippen LogP) is 7.37. The lowest BCUT2D eigenvalue weighted by molar-refractivity contribution is -0.274. The number of unbranched alkanes of at least 4 members (excludes halogenated alkanes) is 1. The van der Waals surface area contributed by atoms with E-state index in [9.17, 15) is 18.0 Å². The van der Waals surface area contributed by atoms with Crippen LogP contribution in [0, 0.1) is 0 Å². The third-order valence-corrected chi connectivity index (χ3v) is 5.46. The number of alkyl halides is 3. The van der Waals surface area contributed by atoms with Crippen molar-refractivity contribution < 1.29 is 36.9 Å². The second-order valence-corrected chi connectivity index (χ2v) is 8.86. The summed E-state index contributed by atoms with van der Waals surface area (Å²) < 4.78 is 58.6. The number of benzene rings is 3. The quantitative estimate of drug-likeness (QED) is 0.186. The summed E-state index contributed by atoms with van der Waals surface area (Å²) in [6, 6.07) is 20.9. The molecule has 0 aromatic heterocycles. The minimum absolute atomic E-state index is 0.211. The monoisotopic (exact) mass is 516 g/mol. The van der Waals surface area contributed by atoms with Crippen molar-refractivity contribution in [2.45, 2.75) is 52.0 Å². The topological polar surface area (TPSA) is 54.0 Å². The van der Waals surface area contributed by atoms with Crippen LogP contribution in [-0.2, 0) is 16.0 Å². The average Bonchev–Trinajstić information content (AvgIpc) is 2.85. The first-order chi connectivity index (χ1) is 17.6. The third kappa shape index (κ3) is 8.74. The predicted molar refractivity (Wildman–Crippen MR) is 135 cm³/mol. The molecule has 0 aliphatic heterocycles. The number of hydrogen-bond acceptors (Lipinski definition) is 5. The molecule has 198 valence electrons. The maximum atomic E-state index is 12.5. The Hall–Kier alpha value is -3.68. The van der Waals surface area contributed by atoms with Crippen molar-refractivity contribution >= 4 is 5.97 Å². The minimum atomic E-state index is -4.76. The molecule has 0 spiro atoms. The maximum absolute atomic E-state index is 12.5. The highest BCUT2D eigenvalue weighted by molar-refractivity contribution is 5.79. The number of esters is 1. The first-order valence-corrected chi connectivity index (χ1v) is 12.1. The lowest BCUT2D eigenvalue weighted by atomic mass is 10.0. The molecule has 0 aliphatic rings. The molecular weight excluding hydrogens is 485 g/mol. The fraction of sp³-hybridized carbons (Fsp3) is 0.345. The molecule has 3 aromatic carbocycles. The van der Waals surface area contributed by atoms with Gasteiger partial charge in [-0.05, 0) is 81.0 Å². The maximum Gasteiger partial charge on any atom is 0.573 e. The third-order valence-electron chi connectivity index (χ3n) is 5.46. The second kappa shape index (κ2) is 12.5. The Bertz CT molecular complexity index is 1140. The van der Waals surface area contributed by atoms with E-state index in [1.165, 1.54) is 29.8 Å². The highest BCUT2D eigenvalue weighted by atomic mass is 19.4. The SMILES string of the molecule is CCOC(=O)C(C)(C)Oc1cc(-c2ccc(OC(F)(F)F)cc2)ccc1OCCCCc1ccccc1. The molecule has 0 saturated carbocycles. The highest BCUT2D eigenvalue weighted by Crippen LogP contribution is 2.36. The number of ether oxygens (including phenoxy) is 4. The number of aryl methyl sites for hydroxylation is 1. The Kier molecular flexibility index (Phi) is 9.44. The number of carbonyl (C=O) groups is 1. The lowest BCUT2D eigenvalue weighted by Crippen LogP contribution is -2.39. The molecule has 0 N–H and O–H groups in total. The summed E-state index contributed by atoms with van der Waals surface area (Å²) in [7, 11) is 0. The Morgan fingerprint density at radius 2 is 1.49 bits per heavy atom. The standard InChI is InChI=1S/C29H31F3O5/c1-4-34-27(33)28(2,3)37-26-20-23(22-13-16-24(17-14-22)36-29(30,31)32)15-18-25(26)35-19-9-8-12-21-10-6-5-7-11-21/h5-7,10-11,13-18,20H,4,8-9,12,19H2,1-3H3. The van der Waals surface area contributed by atoms with E-state index >= 15 is 0 Å². The molecule has 0 saturated heterocycles. The van der Waals surface area contributed by atoms with Crippen molar-refractivity contribution in [1.29, 1.82) is 0 Å². The molecule has 0 aliphatic carbocycles. The van der Waals surface area contributed by atoms with Crippen molar-refractivity contribution in [1.82, 2.24) is 0 Å². The van der Waals surface area contributed by atoms with Crippen LogP contribution in [0.2, 0.25) is 0 Å². The fourth-order valence-electron chi connectivity index (χ4n) is 3.62. The molecule has 3 rings (SSSR count). The van der Waals surface area contributed by atoms with Crippen LogP contribution in [0.1, 0.15) is 39.2 Å². The number of rotatable bonds is 12. The molecule has 0 fully saturated rings. The molecule has 8 heteroatoms. The summed E-state index contributed by atoms with van der Waals surface area (Å²) in [5.74, 6) is -0.0541. The van der Waals surface area contributed by atoms with Crippen molar-refractivity contribution in [3.63, 3.8) is 0 Å². The van der Waals surface area contributed by atoms with E-state index in [0.717, 1.165) is 19.3 Å². The molecular formula is C29H31F3O5. The van der Waals surface area contributed by atoms with Crippen molar-refractivity contribution in [3.05, 3.63) is 78.4 Å². The smallest absolute Gasteiger partial charge is 0.490 e. The van der Waals surface area contributed by atoms with E-state index in [2.05, 4.69) is 16.9 Å². The number of carbonyl (C=O) groups excluding carboxylic acids is 1. The Labute approximate surface area is 215 Å². The van der Waals surface area contributed by atoms with Crippen LogP contribution >= 0.6 is 0 Å². The van der Waals surface area contributed by atoms with Crippen molar-refractivity contribution in [2.24, 2.45) is 0 Å². The van der Waals surface area contributed by atoms with Gasteiger partial charge in [0.15, 0.2) is 17.1 Å². The Morgan fingerprint density at radius 1 is 0.811 bits per heavy atom. The normalized spacial score (nSPS) is 11.6. The molecule has 0 atom stereocenters. The summed E-state index contributed by atoms with van der Waals surface area (Å²) in [6.07, 6.45) is -2.06. The largest absolute Gasteiger partial charge is 0.573 e. The molecule has 0 heterocycles. The molecule has 5 nitrogen and oxygen atoms in total. The van der Waals surface area contributed by atoms with Crippen LogP contribution in [0.5, 0.6) is 17.2 Å². The van der Waals surface area contributed by atoms with Gasteiger partial charge >= 0.3 is 12.3 Å². The molecule has 0 bridgehead atoms. The Balaban J connectivity index is 1.75. The van der Waals surface area contributed by atoms with Crippen molar-refractivity contribution in [2.75, 3.05) is 13.2 Å². The van der Waals surface area contributed by atoms with E-state index in [1.807, 2.05) is 18.2 Å². The van der Waals surface area contributed by atoms with E-state index < -0.39 is 17.9 Å².